The molecule has 0 radical (unpaired) electrons. The van der Waals surface area contributed by atoms with Crippen molar-refractivity contribution in [3.8, 4) is 0 Å². The zero-order chi connectivity index (χ0) is 14.0. The van der Waals surface area contributed by atoms with Crippen molar-refractivity contribution in [2.24, 2.45) is 5.92 Å². The number of fused-ring (bicyclic) bond motifs is 1. The van der Waals surface area contributed by atoms with E-state index < -0.39 is 0 Å². The van der Waals surface area contributed by atoms with Crippen LogP contribution in [0, 0.1) is 5.92 Å². The van der Waals surface area contributed by atoms with Gasteiger partial charge in [-0.25, -0.2) is 0 Å². The molecule has 0 aromatic heterocycles. The highest BCUT2D eigenvalue weighted by Crippen LogP contribution is 2.59. The Labute approximate surface area is 123 Å². The van der Waals surface area contributed by atoms with Crippen molar-refractivity contribution in [3.05, 3.63) is 48.0 Å². The van der Waals surface area contributed by atoms with Crippen molar-refractivity contribution in [2.75, 3.05) is 0 Å². The molecule has 5 rings (SSSR count). The summed E-state index contributed by atoms with van der Waals surface area (Å²) in [6.07, 6.45) is 3.65. The lowest BCUT2D eigenvalue weighted by Crippen LogP contribution is -2.49. The van der Waals surface area contributed by atoms with Gasteiger partial charge in [-0.05, 0) is 48.1 Å². The number of amides is 1. The van der Waals surface area contributed by atoms with Crippen LogP contribution in [-0.4, -0.2) is 23.5 Å². The lowest BCUT2D eigenvalue weighted by atomic mass is 9.72. The van der Waals surface area contributed by atoms with Crippen LogP contribution < -0.4 is 10.6 Å². The normalized spacial score (nSPS) is 35.7. The van der Waals surface area contributed by atoms with Crippen LogP contribution in [-0.2, 0) is 0 Å². The fourth-order valence-electron chi connectivity index (χ4n) is 4.51. The van der Waals surface area contributed by atoms with Crippen molar-refractivity contribution < 1.29 is 4.79 Å². The average molecular weight is 278 g/mol. The molecule has 3 aliphatic rings. The van der Waals surface area contributed by atoms with Crippen LogP contribution in [0.1, 0.15) is 29.6 Å². The fraction of sp³-hybridized carbons (Fsp3) is 0.389. The number of hydrogen-bond acceptors (Lipinski definition) is 2. The number of carbonyl (C=O) groups excluding carboxylic acids is 1. The molecule has 3 heteroatoms. The number of piperidine rings is 1. The molecule has 2 N–H and O–H groups in total. The molecular formula is C18H18N2O. The van der Waals surface area contributed by atoms with Gasteiger partial charge in [0, 0.05) is 23.2 Å². The van der Waals surface area contributed by atoms with Gasteiger partial charge in [0.1, 0.15) is 0 Å². The lowest BCUT2D eigenvalue weighted by Gasteiger charge is -2.37. The maximum absolute atomic E-state index is 12.5. The molecule has 21 heavy (non-hydrogen) atoms. The first-order valence-electron chi connectivity index (χ1n) is 7.84. The Morgan fingerprint density at radius 1 is 1.19 bits per heavy atom. The van der Waals surface area contributed by atoms with Gasteiger partial charge in [0.05, 0.1) is 0 Å². The van der Waals surface area contributed by atoms with Crippen molar-refractivity contribution in [3.63, 3.8) is 0 Å². The van der Waals surface area contributed by atoms with Gasteiger partial charge in [-0.15, -0.1) is 0 Å². The largest absolute Gasteiger partial charge is 0.349 e. The Balaban J connectivity index is 1.38. The minimum Gasteiger partial charge on any atom is -0.349 e. The first-order chi connectivity index (χ1) is 10.3. The molecule has 3 fully saturated rings. The second-order valence-corrected chi connectivity index (χ2v) is 6.76. The van der Waals surface area contributed by atoms with Gasteiger partial charge < -0.3 is 10.6 Å². The summed E-state index contributed by atoms with van der Waals surface area (Å²) in [5.74, 6) is 0.737. The number of benzene rings is 2. The van der Waals surface area contributed by atoms with Crippen LogP contribution in [0.2, 0.25) is 0 Å². The summed E-state index contributed by atoms with van der Waals surface area (Å²) in [7, 11) is 0. The van der Waals surface area contributed by atoms with Gasteiger partial charge in [0.2, 0.25) is 0 Å². The average Bonchev–Trinajstić information content (AvgIpc) is 3.17. The predicted octanol–water partition coefficient (Wildman–Crippen LogP) is 2.46. The van der Waals surface area contributed by atoms with Crippen molar-refractivity contribution in [1.82, 2.24) is 10.6 Å². The maximum Gasteiger partial charge on any atom is 0.251 e. The summed E-state index contributed by atoms with van der Waals surface area (Å²) in [6.45, 7) is 0. The molecule has 1 spiro atoms. The molecule has 106 valence electrons. The Morgan fingerprint density at radius 3 is 2.81 bits per heavy atom. The highest BCUT2D eigenvalue weighted by Gasteiger charge is 2.70. The van der Waals surface area contributed by atoms with Gasteiger partial charge in [-0.2, -0.15) is 0 Å². The molecule has 1 saturated heterocycles. The van der Waals surface area contributed by atoms with Crippen LogP contribution in [0.3, 0.4) is 0 Å². The molecule has 1 amide bonds. The summed E-state index contributed by atoms with van der Waals surface area (Å²) < 4.78 is 0. The van der Waals surface area contributed by atoms with Gasteiger partial charge in [-0.3, -0.25) is 4.79 Å². The number of nitrogens with one attached hydrogen (secondary N) is 2. The number of hydrogen-bond donors (Lipinski definition) is 2. The predicted molar refractivity (Wildman–Crippen MR) is 82.2 cm³/mol. The van der Waals surface area contributed by atoms with Crippen molar-refractivity contribution in [2.45, 2.75) is 36.9 Å². The van der Waals surface area contributed by atoms with E-state index in [9.17, 15) is 4.79 Å². The van der Waals surface area contributed by atoms with Crippen LogP contribution in [0.5, 0.6) is 0 Å². The molecule has 4 atom stereocenters. The first kappa shape index (κ1) is 11.8. The topological polar surface area (TPSA) is 51.0 Å². The monoisotopic (exact) mass is 278 g/mol. The van der Waals surface area contributed by atoms with E-state index in [2.05, 4.69) is 22.8 Å². The van der Waals surface area contributed by atoms with E-state index in [1.54, 1.807) is 0 Å². The van der Waals surface area contributed by atoms with E-state index >= 15 is 0 Å². The van der Waals surface area contributed by atoms with E-state index in [1.807, 2.05) is 30.3 Å². The summed E-state index contributed by atoms with van der Waals surface area (Å²) >= 11 is 0. The van der Waals surface area contributed by atoms with E-state index in [1.165, 1.54) is 18.2 Å². The Kier molecular flexibility index (Phi) is 2.16. The van der Waals surface area contributed by atoms with Crippen LogP contribution >= 0.6 is 0 Å². The molecular weight excluding hydrogens is 260 g/mol. The van der Waals surface area contributed by atoms with Gasteiger partial charge >= 0.3 is 0 Å². The summed E-state index contributed by atoms with van der Waals surface area (Å²) in [5.41, 5.74) is 1.19. The Morgan fingerprint density at radius 2 is 2.05 bits per heavy atom. The van der Waals surface area contributed by atoms with Gasteiger partial charge in [-0.1, -0.05) is 30.3 Å². The number of carbonyl (C=O) groups is 1. The third-order valence-electron chi connectivity index (χ3n) is 5.82. The molecule has 4 unspecified atom stereocenters. The maximum atomic E-state index is 12.5. The molecule has 1 aliphatic heterocycles. The summed E-state index contributed by atoms with van der Waals surface area (Å²) in [5, 5.41) is 9.17. The Hall–Kier alpha value is -1.87. The number of rotatable bonds is 2. The van der Waals surface area contributed by atoms with E-state index in [0.717, 1.165) is 17.4 Å². The summed E-state index contributed by atoms with van der Waals surface area (Å²) in [6, 6.07) is 15.2. The molecule has 2 aromatic rings. The highest BCUT2D eigenvalue weighted by atomic mass is 16.1. The third kappa shape index (κ3) is 1.55. The van der Waals surface area contributed by atoms with E-state index in [0.29, 0.717) is 23.5 Å². The molecule has 2 aliphatic carbocycles. The fourth-order valence-corrected chi connectivity index (χ4v) is 4.51. The molecule has 3 nitrogen and oxygen atoms in total. The quantitative estimate of drug-likeness (QED) is 0.829. The minimum absolute atomic E-state index is 0.0779. The second kappa shape index (κ2) is 3.86. The second-order valence-electron chi connectivity index (χ2n) is 6.76. The van der Waals surface area contributed by atoms with Crippen LogP contribution in [0.4, 0.5) is 0 Å². The highest BCUT2D eigenvalue weighted by molar-refractivity contribution is 5.98. The molecule has 2 aromatic carbocycles. The van der Waals surface area contributed by atoms with Crippen LogP contribution in [0.25, 0.3) is 10.8 Å². The van der Waals surface area contributed by atoms with Gasteiger partial charge in [0.15, 0.2) is 0 Å². The van der Waals surface area contributed by atoms with Gasteiger partial charge in [0.25, 0.3) is 5.91 Å². The van der Waals surface area contributed by atoms with E-state index in [-0.39, 0.29) is 5.91 Å². The Bertz CT molecular complexity index is 752. The first-order valence-corrected chi connectivity index (χ1v) is 7.84. The molecule has 2 saturated carbocycles. The summed E-state index contributed by atoms with van der Waals surface area (Å²) in [4.78, 5) is 12.5. The van der Waals surface area contributed by atoms with Crippen molar-refractivity contribution in [1.29, 1.82) is 0 Å². The van der Waals surface area contributed by atoms with E-state index in [4.69, 9.17) is 0 Å². The SMILES string of the molecule is O=C(NC1CC2NC23CCC13)c1ccc2ccccc2c1. The zero-order valence-electron chi connectivity index (χ0n) is 11.8. The van der Waals surface area contributed by atoms with Crippen LogP contribution in [0.15, 0.2) is 42.5 Å². The van der Waals surface area contributed by atoms with Crippen molar-refractivity contribution >= 4 is 16.7 Å². The zero-order valence-corrected chi connectivity index (χ0v) is 11.8. The molecule has 0 bridgehead atoms. The molecule has 1 heterocycles. The minimum atomic E-state index is 0.0779. The lowest BCUT2D eigenvalue weighted by molar-refractivity contribution is 0.0896. The third-order valence-corrected chi connectivity index (χ3v) is 5.82. The smallest absolute Gasteiger partial charge is 0.251 e. The standard InChI is InChI=1S/C18H18N2O/c21-17(13-6-5-11-3-1-2-4-12(11)9-13)19-15-10-16-18(20-16)8-7-14(15)18/h1-6,9,14-16,20H,7-8,10H2,(H,19,21).